The molecule has 0 spiro atoms. The van der Waals surface area contributed by atoms with Crippen molar-refractivity contribution in [3.8, 4) is 0 Å². The van der Waals surface area contributed by atoms with Crippen LogP contribution in [0.25, 0.3) is 0 Å². The summed E-state index contributed by atoms with van der Waals surface area (Å²) in [5.41, 5.74) is 4.40. The van der Waals surface area contributed by atoms with Gasteiger partial charge in [-0.1, -0.05) is 18.2 Å². The number of benzene rings is 1. The number of hydrogen-bond acceptors (Lipinski definition) is 2. The number of hydrogen-bond donors (Lipinski definition) is 0. The molecule has 0 aromatic heterocycles. The predicted octanol–water partition coefficient (Wildman–Crippen LogP) is 3.85. The van der Waals surface area contributed by atoms with Gasteiger partial charge in [0.25, 0.3) is 0 Å². The standard InChI is InChI=1S/C20H32N2/c1-14-7-6-8-16(15(14)2)13-22(5)20-11-17-9-19(21(3)4)10-18(17)12-20/h6-8,17-20H,9-13H2,1-5H3/t17-,18+,19?,20?. The molecule has 0 bridgehead atoms. The van der Waals surface area contributed by atoms with Gasteiger partial charge in [-0.05, 0) is 89.2 Å². The van der Waals surface area contributed by atoms with E-state index in [1.54, 1.807) is 0 Å². The van der Waals surface area contributed by atoms with E-state index in [1.807, 2.05) is 0 Å². The third-order valence-corrected chi connectivity index (χ3v) is 6.46. The van der Waals surface area contributed by atoms with Crippen LogP contribution in [0, 0.1) is 25.7 Å². The van der Waals surface area contributed by atoms with Crippen molar-refractivity contribution in [2.75, 3.05) is 21.1 Å². The Morgan fingerprint density at radius 2 is 1.50 bits per heavy atom. The smallest absolute Gasteiger partial charge is 0.0236 e. The Morgan fingerprint density at radius 1 is 0.909 bits per heavy atom. The lowest BCUT2D eigenvalue weighted by atomic mass is 10.0. The van der Waals surface area contributed by atoms with Crippen molar-refractivity contribution in [2.24, 2.45) is 11.8 Å². The second-order valence-corrected chi connectivity index (χ2v) is 8.01. The van der Waals surface area contributed by atoms with Crippen molar-refractivity contribution < 1.29 is 0 Å². The van der Waals surface area contributed by atoms with Gasteiger partial charge in [0.2, 0.25) is 0 Å². The Balaban J connectivity index is 1.59. The molecular formula is C20H32N2. The van der Waals surface area contributed by atoms with Gasteiger partial charge < -0.3 is 4.90 Å². The summed E-state index contributed by atoms with van der Waals surface area (Å²) in [4.78, 5) is 5.05. The minimum Gasteiger partial charge on any atom is -0.306 e. The van der Waals surface area contributed by atoms with Crippen molar-refractivity contribution >= 4 is 0 Å². The summed E-state index contributed by atoms with van der Waals surface area (Å²) in [6.45, 7) is 5.60. The van der Waals surface area contributed by atoms with Gasteiger partial charge in [0.05, 0.1) is 0 Å². The maximum Gasteiger partial charge on any atom is 0.0236 e. The van der Waals surface area contributed by atoms with E-state index in [0.717, 1.165) is 30.5 Å². The average Bonchev–Trinajstić information content (AvgIpc) is 3.02. The van der Waals surface area contributed by atoms with Gasteiger partial charge >= 0.3 is 0 Å². The largest absolute Gasteiger partial charge is 0.306 e. The van der Waals surface area contributed by atoms with E-state index in [-0.39, 0.29) is 0 Å². The fraction of sp³-hybridized carbons (Fsp3) is 0.700. The van der Waals surface area contributed by atoms with Crippen molar-refractivity contribution in [3.63, 3.8) is 0 Å². The maximum atomic E-state index is 2.62. The first-order valence-electron chi connectivity index (χ1n) is 8.87. The first-order valence-corrected chi connectivity index (χ1v) is 8.87. The van der Waals surface area contributed by atoms with Crippen LogP contribution in [-0.4, -0.2) is 43.0 Å². The van der Waals surface area contributed by atoms with Gasteiger partial charge in [-0.2, -0.15) is 0 Å². The molecule has 2 aliphatic rings. The molecule has 1 aromatic rings. The van der Waals surface area contributed by atoms with E-state index in [4.69, 9.17) is 0 Å². The molecule has 3 rings (SSSR count). The third-order valence-electron chi connectivity index (χ3n) is 6.46. The molecule has 0 saturated heterocycles. The molecule has 122 valence electrons. The highest BCUT2D eigenvalue weighted by atomic mass is 15.1. The van der Waals surface area contributed by atoms with E-state index >= 15 is 0 Å². The quantitative estimate of drug-likeness (QED) is 0.833. The van der Waals surface area contributed by atoms with Gasteiger partial charge in [0, 0.05) is 18.6 Å². The highest BCUT2D eigenvalue weighted by molar-refractivity contribution is 5.33. The van der Waals surface area contributed by atoms with Crippen LogP contribution in [0.2, 0.25) is 0 Å². The molecule has 2 heteroatoms. The maximum absolute atomic E-state index is 2.62. The second kappa shape index (κ2) is 6.33. The topological polar surface area (TPSA) is 6.48 Å². The van der Waals surface area contributed by atoms with E-state index in [0.29, 0.717) is 0 Å². The lowest BCUT2D eigenvalue weighted by Crippen LogP contribution is -2.31. The van der Waals surface area contributed by atoms with Gasteiger partial charge in [-0.25, -0.2) is 0 Å². The average molecular weight is 300 g/mol. The van der Waals surface area contributed by atoms with E-state index in [1.165, 1.54) is 42.4 Å². The fourth-order valence-electron chi connectivity index (χ4n) is 4.72. The Kier molecular flexibility index (Phi) is 4.61. The van der Waals surface area contributed by atoms with Crippen LogP contribution in [-0.2, 0) is 6.54 Å². The van der Waals surface area contributed by atoms with E-state index < -0.39 is 0 Å². The van der Waals surface area contributed by atoms with Crippen LogP contribution in [0.1, 0.15) is 42.4 Å². The summed E-state index contributed by atoms with van der Waals surface area (Å²) in [7, 11) is 6.82. The van der Waals surface area contributed by atoms with Crippen LogP contribution < -0.4 is 0 Å². The normalized spacial score (nSPS) is 31.2. The van der Waals surface area contributed by atoms with Gasteiger partial charge in [-0.15, -0.1) is 0 Å². The van der Waals surface area contributed by atoms with Crippen LogP contribution in [0.15, 0.2) is 18.2 Å². The number of aryl methyl sites for hydroxylation is 1. The molecular weight excluding hydrogens is 268 g/mol. The zero-order chi connectivity index (χ0) is 15.9. The summed E-state index contributed by atoms with van der Waals surface area (Å²) in [5, 5.41) is 0. The van der Waals surface area contributed by atoms with Crippen molar-refractivity contribution in [3.05, 3.63) is 34.9 Å². The number of rotatable bonds is 4. The first kappa shape index (κ1) is 16.0. The fourth-order valence-corrected chi connectivity index (χ4v) is 4.72. The van der Waals surface area contributed by atoms with Gasteiger partial charge in [0.15, 0.2) is 0 Å². The Labute approximate surface area is 136 Å². The molecule has 2 nitrogen and oxygen atoms in total. The molecule has 4 atom stereocenters. The summed E-state index contributed by atoms with van der Waals surface area (Å²) in [6.07, 6.45) is 5.67. The third kappa shape index (κ3) is 3.09. The molecule has 0 amide bonds. The summed E-state index contributed by atoms with van der Waals surface area (Å²) >= 11 is 0. The van der Waals surface area contributed by atoms with Crippen molar-refractivity contribution in [1.82, 2.24) is 9.80 Å². The Hall–Kier alpha value is -0.860. The Morgan fingerprint density at radius 3 is 2.09 bits per heavy atom. The molecule has 0 aliphatic heterocycles. The molecule has 2 unspecified atom stereocenters. The number of fused-ring (bicyclic) bond motifs is 1. The summed E-state index contributed by atoms with van der Waals surface area (Å²) in [6, 6.07) is 8.35. The molecule has 0 radical (unpaired) electrons. The Bertz CT molecular complexity index is 508. The van der Waals surface area contributed by atoms with Crippen LogP contribution >= 0.6 is 0 Å². The lowest BCUT2D eigenvalue weighted by Gasteiger charge is -2.27. The first-order chi connectivity index (χ1) is 10.5. The van der Waals surface area contributed by atoms with E-state index in [2.05, 4.69) is 63.0 Å². The molecule has 0 heterocycles. The number of nitrogens with zero attached hydrogens (tertiary/aromatic N) is 2. The molecule has 2 saturated carbocycles. The monoisotopic (exact) mass is 300 g/mol. The minimum atomic E-state index is 0.790. The van der Waals surface area contributed by atoms with Crippen LogP contribution in [0.4, 0.5) is 0 Å². The predicted molar refractivity (Wildman–Crippen MR) is 94.1 cm³/mol. The molecule has 2 fully saturated rings. The summed E-state index contributed by atoms with van der Waals surface area (Å²) in [5.74, 6) is 1.94. The van der Waals surface area contributed by atoms with Gasteiger partial charge in [-0.3, -0.25) is 4.90 Å². The van der Waals surface area contributed by atoms with Crippen molar-refractivity contribution in [1.29, 1.82) is 0 Å². The van der Waals surface area contributed by atoms with Gasteiger partial charge in [0.1, 0.15) is 0 Å². The van der Waals surface area contributed by atoms with Crippen LogP contribution in [0.5, 0.6) is 0 Å². The molecule has 0 N–H and O–H groups in total. The molecule has 22 heavy (non-hydrogen) atoms. The SMILES string of the molecule is Cc1cccc(CN(C)C2C[C@H]3CC(N(C)C)C[C@H]3C2)c1C. The van der Waals surface area contributed by atoms with Crippen LogP contribution in [0.3, 0.4) is 0 Å². The summed E-state index contributed by atoms with van der Waals surface area (Å²) < 4.78 is 0. The molecule has 1 aromatic carbocycles. The molecule has 2 aliphatic carbocycles. The highest BCUT2D eigenvalue weighted by Crippen LogP contribution is 2.46. The zero-order valence-corrected chi connectivity index (χ0v) is 15.0. The lowest BCUT2D eigenvalue weighted by molar-refractivity contribution is 0.211. The van der Waals surface area contributed by atoms with E-state index in [9.17, 15) is 0 Å². The zero-order valence-electron chi connectivity index (χ0n) is 15.0. The minimum absolute atomic E-state index is 0.790. The van der Waals surface area contributed by atoms with Crippen molar-refractivity contribution in [2.45, 2.75) is 58.2 Å². The highest BCUT2D eigenvalue weighted by Gasteiger charge is 2.43. The second-order valence-electron chi connectivity index (χ2n) is 8.01.